The second kappa shape index (κ2) is 7.37. The Morgan fingerprint density at radius 2 is 1.80 bits per heavy atom. The first-order chi connectivity index (χ1) is 14.2. The third-order valence-corrected chi connectivity index (χ3v) is 5.93. The highest BCUT2D eigenvalue weighted by molar-refractivity contribution is 5.96. The van der Waals surface area contributed by atoms with E-state index in [-0.39, 0.29) is 11.4 Å². The fourth-order valence-corrected chi connectivity index (χ4v) is 4.69. The quantitative estimate of drug-likeness (QED) is 0.763. The standard InChI is InChI=1S/C21H22F3N3O3/c1-25-16-9-8-14(12-21(22,23)24)17(13-6-4-3-5-7-13)27(16)26-11-10-15(28)19(30-2)18(26)20(25)29/h3-7,10-11,14,16-17H,8-9,12H2,1-2H3. The minimum absolute atomic E-state index is 0.0253. The Morgan fingerprint density at radius 3 is 2.43 bits per heavy atom. The SMILES string of the molecule is COc1c2n(ccc1=O)N1C(c3ccccc3)C(CC(F)(F)F)CCC1N(C)C2=O. The van der Waals surface area contributed by atoms with Crippen molar-refractivity contribution < 1.29 is 22.7 Å². The van der Waals surface area contributed by atoms with E-state index in [0.717, 1.165) is 5.56 Å². The fraction of sp³-hybridized carbons (Fsp3) is 0.429. The van der Waals surface area contributed by atoms with Gasteiger partial charge in [-0.2, -0.15) is 13.2 Å². The summed E-state index contributed by atoms with van der Waals surface area (Å²) < 4.78 is 46.9. The largest absolute Gasteiger partial charge is 0.491 e. The van der Waals surface area contributed by atoms with Crippen molar-refractivity contribution in [2.75, 3.05) is 19.2 Å². The van der Waals surface area contributed by atoms with Gasteiger partial charge < -0.3 is 9.64 Å². The van der Waals surface area contributed by atoms with Crippen LogP contribution in [0.5, 0.6) is 5.75 Å². The van der Waals surface area contributed by atoms with Gasteiger partial charge in [0.2, 0.25) is 5.43 Å². The Bertz CT molecular complexity index is 1010. The maximum atomic E-state index is 13.4. The number of hydrogen-bond donors (Lipinski definition) is 0. The van der Waals surface area contributed by atoms with E-state index >= 15 is 0 Å². The van der Waals surface area contributed by atoms with Crippen LogP contribution in [0.4, 0.5) is 13.2 Å². The topological polar surface area (TPSA) is 54.8 Å². The molecule has 3 atom stereocenters. The molecule has 0 bridgehead atoms. The summed E-state index contributed by atoms with van der Waals surface area (Å²) in [7, 11) is 2.90. The van der Waals surface area contributed by atoms with Crippen LogP contribution in [0.1, 0.15) is 41.4 Å². The third kappa shape index (κ3) is 3.32. The van der Waals surface area contributed by atoms with E-state index in [2.05, 4.69) is 0 Å². The highest BCUT2D eigenvalue weighted by Gasteiger charge is 2.49. The molecule has 1 aromatic heterocycles. The van der Waals surface area contributed by atoms with Crippen LogP contribution in [0.3, 0.4) is 0 Å². The number of fused-ring (bicyclic) bond motifs is 3. The summed E-state index contributed by atoms with van der Waals surface area (Å²) in [6.45, 7) is 0. The number of carbonyl (C=O) groups is 1. The predicted molar refractivity (Wildman–Crippen MR) is 104 cm³/mol. The molecule has 1 saturated heterocycles. The number of ether oxygens (including phenoxy) is 1. The van der Waals surface area contributed by atoms with Gasteiger partial charge in [0, 0.05) is 25.7 Å². The van der Waals surface area contributed by atoms with Crippen molar-refractivity contribution in [1.29, 1.82) is 0 Å². The molecule has 9 heteroatoms. The van der Waals surface area contributed by atoms with Crippen molar-refractivity contribution in [3.05, 3.63) is 64.1 Å². The minimum Gasteiger partial charge on any atom is -0.491 e. The summed E-state index contributed by atoms with van der Waals surface area (Å²) in [6.07, 6.45) is -3.52. The number of piperidine rings is 1. The molecule has 0 saturated carbocycles. The van der Waals surface area contributed by atoms with Gasteiger partial charge in [-0.3, -0.25) is 19.3 Å². The summed E-state index contributed by atoms with van der Waals surface area (Å²) in [5.74, 6) is -1.21. The van der Waals surface area contributed by atoms with Crippen LogP contribution < -0.4 is 15.2 Å². The molecule has 2 aromatic rings. The van der Waals surface area contributed by atoms with Gasteiger partial charge in [-0.15, -0.1) is 0 Å². The van der Waals surface area contributed by atoms with E-state index in [1.807, 2.05) is 6.07 Å². The highest BCUT2D eigenvalue weighted by Crippen LogP contribution is 2.45. The molecule has 1 amide bonds. The van der Waals surface area contributed by atoms with Gasteiger partial charge in [-0.25, -0.2) is 0 Å². The van der Waals surface area contributed by atoms with E-state index in [1.54, 1.807) is 36.3 Å². The van der Waals surface area contributed by atoms with Gasteiger partial charge in [0.25, 0.3) is 5.91 Å². The number of aromatic nitrogens is 1. The van der Waals surface area contributed by atoms with Gasteiger partial charge in [0.05, 0.1) is 13.2 Å². The molecule has 1 fully saturated rings. The molecule has 0 N–H and O–H groups in total. The number of methoxy groups -OCH3 is 1. The van der Waals surface area contributed by atoms with Crippen LogP contribution in [0.25, 0.3) is 0 Å². The number of alkyl halides is 3. The van der Waals surface area contributed by atoms with E-state index < -0.39 is 42.1 Å². The number of nitrogens with zero attached hydrogens (tertiary/aromatic N) is 3. The van der Waals surface area contributed by atoms with Gasteiger partial charge in [0.15, 0.2) is 11.4 Å². The van der Waals surface area contributed by atoms with Crippen molar-refractivity contribution >= 4 is 5.91 Å². The number of rotatable bonds is 3. The molecular formula is C21H22F3N3O3. The Morgan fingerprint density at radius 1 is 1.10 bits per heavy atom. The van der Waals surface area contributed by atoms with Crippen molar-refractivity contribution in [2.45, 2.75) is 37.6 Å². The first-order valence-electron chi connectivity index (χ1n) is 9.70. The predicted octanol–water partition coefficient (Wildman–Crippen LogP) is 3.31. The maximum Gasteiger partial charge on any atom is 0.389 e. The molecule has 3 heterocycles. The van der Waals surface area contributed by atoms with Crippen LogP contribution in [-0.2, 0) is 0 Å². The maximum absolute atomic E-state index is 13.4. The first kappa shape index (κ1) is 20.3. The number of halogens is 3. The molecule has 30 heavy (non-hydrogen) atoms. The molecule has 0 aliphatic carbocycles. The molecule has 160 valence electrons. The van der Waals surface area contributed by atoms with Gasteiger partial charge in [-0.05, 0) is 24.3 Å². The lowest BCUT2D eigenvalue weighted by atomic mass is 9.81. The minimum atomic E-state index is -4.31. The molecule has 0 radical (unpaired) electrons. The number of amides is 1. The second-order valence-corrected chi connectivity index (χ2v) is 7.70. The lowest BCUT2D eigenvalue weighted by Gasteiger charge is -2.54. The Hall–Kier alpha value is -2.97. The van der Waals surface area contributed by atoms with Crippen molar-refractivity contribution in [1.82, 2.24) is 9.58 Å². The smallest absolute Gasteiger partial charge is 0.389 e. The van der Waals surface area contributed by atoms with Crippen molar-refractivity contribution in [3.63, 3.8) is 0 Å². The van der Waals surface area contributed by atoms with Crippen LogP contribution >= 0.6 is 0 Å². The Balaban J connectivity index is 1.92. The summed E-state index contributed by atoms with van der Waals surface area (Å²) in [5.41, 5.74) is 0.296. The van der Waals surface area contributed by atoms with Crippen LogP contribution in [-0.4, -0.2) is 42.0 Å². The molecule has 6 nitrogen and oxygen atoms in total. The number of hydrogen-bond acceptors (Lipinski definition) is 4. The van der Waals surface area contributed by atoms with E-state index in [0.29, 0.717) is 12.8 Å². The molecule has 3 unspecified atom stereocenters. The van der Waals surface area contributed by atoms with Gasteiger partial charge in [-0.1, -0.05) is 30.3 Å². The molecule has 0 spiro atoms. The number of carbonyl (C=O) groups excluding carboxylic acids is 1. The zero-order valence-corrected chi connectivity index (χ0v) is 16.6. The van der Waals surface area contributed by atoms with E-state index in [1.165, 1.54) is 28.9 Å². The van der Waals surface area contributed by atoms with Crippen molar-refractivity contribution in [3.8, 4) is 5.75 Å². The number of benzene rings is 1. The zero-order valence-electron chi connectivity index (χ0n) is 16.6. The zero-order chi connectivity index (χ0) is 21.6. The molecule has 1 aromatic carbocycles. The summed E-state index contributed by atoms with van der Waals surface area (Å²) in [6, 6.07) is 9.62. The van der Waals surface area contributed by atoms with E-state index in [9.17, 15) is 22.8 Å². The van der Waals surface area contributed by atoms with Gasteiger partial charge in [0.1, 0.15) is 6.17 Å². The monoisotopic (exact) mass is 421 g/mol. The van der Waals surface area contributed by atoms with Crippen molar-refractivity contribution in [2.24, 2.45) is 5.92 Å². The normalized spacial score (nSPS) is 23.8. The highest BCUT2D eigenvalue weighted by atomic mass is 19.4. The molecule has 2 aliphatic rings. The second-order valence-electron chi connectivity index (χ2n) is 7.70. The lowest BCUT2D eigenvalue weighted by molar-refractivity contribution is -0.149. The third-order valence-electron chi connectivity index (χ3n) is 5.93. The first-order valence-corrected chi connectivity index (χ1v) is 9.70. The Kier molecular flexibility index (Phi) is 4.99. The van der Waals surface area contributed by atoms with Crippen LogP contribution in [0, 0.1) is 5.92 Å². The fourth-order valence-electron chi connectivity index (χ4n) is 4.69. The van der Waals surface area contributed by atoms with Crippen LogP contribution in [0.2, 0.25) is 0 Å². The van der Waals surface area contributed by atoms with Gasteiger partial charge >= 0.3 is 6.18 Å². The molecule has 4 rings (SSSR count). The average Bonchev–Trinajstić information content (AvgIpc) is 2.71. The summed E-state index contributed by atoms with van der Waals surface area (Å²) in [5, 5.41) is 1.79. The Labute approximate surface area is 171 Å². The van der Waals surface area contributed by atoms with Crippen LogP contribution in [0.15, 0.2) is 47.4 Å². The summed E-state index contributed by atoms with van der Waals surface area (Å²) >= 11 is 0. The average molecular weight is 421 g/mol. The van der Waals surface area contributed by atoms with E-state index in [4.69, 9.17) is 4.74 Å². The molecule has 2 aliphatic heterocycles. The molecular weight excluding hydrogens is 399 g/mol. The lowest BCUT2D eigenvalue weighted by Crippen LogP contribution is -2.64. The summed E-state index contributed by atoms with van der Waals surface area (Å²) in [4.78, 5) is 26.8. The number of pyridine rings is 1.